The lowest BCUT2D eigenvalue weighted by atomic mass is 10.1. The summed E-state index contributed by atoms with van der Waals surface area (Å²) in [5, 5.41) is 3.21. The molecular formula is C11H17N3. The Bertz CT molecular complexity index is 333. The molecule has 1 atom stereocenters. The van der Waals surface area contributed by atoms with E-state index in [2.05, 4.69) is 36.1 Å². The third kappa shape index (κ3) is 1.72. The van der Waals surface area contributed by atoms with Gasteiger partial charge in [-0.3, -0.25) is 0 Å². The van der Waals surface area contributed by atoms with Crippen molar-refractivity contribution in [1.82, 2.24) is 9.97 Å². The Kier molecular flexibility index (Phi) is 2.17. The summed E-state index contributed by atoms with van der Waals surface area (Å²) in [7, 11) is 0. The quantitative estimate of drug-likeness (QED) is 0.797. The molecule has 0 spiro atoms. The molecule has 0 radical (unpaired) electrons. The van der Waals surface area contributed by atoms with Crippen LogP contribution in [0.15, 0.2) is 12.3 Å². The first-order valence-corrected chi connectivity index (χ1v) is 5.20. The van der Waals surface area contributed by atoms with Gasteiger partial charge in [0.05, 0.1) is 0 Å². The minimum atomic E-state index is 0.408. The van der Waals surface area contributed by atoms with Gasteiger partial charge in [0.25, 0.3) is 0 Å². The van der Waals surface area contributed by atoms with Crippen molar-refractivity contribution in [1.29, 1.82) is 0 Å². The summed E-state index contributed by atoms with van der Waals surface area (Å²) in [5.74, 6) is 2.50. The summed E-state index contributed by atoms with van der Waals surface area (Å²) in [5.41, 5.74) is 0.408. The standard InChI is InChI=1S/C11H17N3/c1-4-12-9-5-6-13-10(14-9)8-7-11(8,2)3/h5-6,8H,4,7H2,1-3H3,(H,12,13,14). The van der Waals surface area contributed by atoms with Crippen LogP contribution in [0, 0.1) is 5.41 Å². The van der Waals surface area contributed by atoms with E-state index in [0.29, 0.717) is 11.3 Å². The Balaban J connectivity index is 2.15. The van der Waals surface area contributed by atoms with Crippen LogP contribution < -0.4 is 5.32 Å². The Labute approximate surface area is 85.0 Å². The molecule has 1 aliphatic rings. The lowest BCUT2D eigenvalue weighted by Crippen LogP contribution is -2.03. The number of rotatable bonds is 3. The average Bonchev–Trinajstić information content (AvgIpc) is 2.76. The Morgan fingerprint density at radius 3 is 2.86 bits per heavy atom. The molecule has 0 aromatic carbocycles. The number of hydrogen-bond donors (Lipinski definition) is 1. The van der Waals surface area contributed by atoms with Gasteiger partial charge in [-0.2, -0.15) is 0 Å². The second-order valence-corrected chi connectivity index (χ2v) is 4.58. The summed E-state index contributed by atoms with van der Waals surface area (Å²) in [6.07, 6.45) is 3.05. The van der Waals surface area contributed by atoms with E-state index in [4.69, 9.17) is 0 Å². The fourth-order valence-corrected chi connectivity index (χ4v) is 1.73. The summed E-state index contributed by atoms with van der Waals surface area (Å²) in [6.45, 7) is 7.51. The highest BCUT2D eigenvalue weighted by Gasteiger charge is 2.48. The van der Waals surface area contributed by atoms with Gasteiger partial charge in [-0.15, -0.1) is 0 Å². The van der Waals surface area contributed by atoms with Gasteiger partial charge < -0.3 is 5.32 Å². The number of aromatic nitrogens is 2. The topological polar surface area (TPSA) is 37.8 Å². The SMILES string of the molecule is CCNc1ccnc(C2CC2(C)C)n1. The molecule has 1 aromatic rings. The summed E-state index contributed by atoms with van der Waals surface area (Å²) >= 11 is 0. The minimum absolute atomic E-state index is 0.408. The molecule has 0 saturated heterocycles. The van der Waals surface area contributed by atoms with Crippen LogP contribution in [0.4, 0.5) is 5.82 Å². The van der Waals surface area contributed by atoms with Crippen molar-refractivity contribution in [2.24, 2.45) is 5.41 Å². The van der Waals surface area contributed by atoms with E-state index in [0.717, 1.165) is 18.2 Å². The van der Waals surface area contributed by atoms with E-state index in [1.807, 2.05) is 12.3 Å². The zero-order chi connectivity index (χ0) is 10.2. The second-order valence-electron chi connectivity index (χ2n) is 4.58. The van der Waals surface area contributed by atoms with Gasteiger partial charge in [0.1, 0.15) is 11.6 Å². The first-order valence-electron chi connectivity index (χ1n) is 5.20. The van der Waals surface area contributed by atoms with E-state index < -0.39 is 0 Å². The Hall–Kier alpha value is -1.12. The normalized spacial score (nSPS) is 23.2. The third-order valence-electron chi connectivity index (χ3n) is 2.86. The lowest BCUT2D eigenvalue weighted by molar-refractivity contribution is 0.608. The van der Waals surface area contributed by atoms with Crippen molar-refractivity contribution in [2.75, 3.05) is 11.9 Å². The highest BCUT2D eigenvalue weighted by atomic mass is 15.0. The van der Waals surface area contributed by atoms with Gasteiger partial charge in [-0.1, -0.05) is 13.8 Å². The first kappa shape index (κ1) is 9.44. The van der Waals surface area contributed by atoms with Crippen molar-refractivity contribution in [3.63, 3.8) is 0 Å². The molecule has 1 saturated carbocycles. The molecule has 76 valence electrons. The van der Waals surface area contributed by atoms with E-state index in [1.165, 1.54) is 6.42 Å². The Morgan fingerprint density at radius 2 is 2.29 bits per heavy atom. The molecule has 0 amide bonds. The molecule has 1 aliphatic carbocycles. The molecule has 1 heterocycles. The highest BCUT2D eigenvalue weighted by Crippen LogP contribution is 2.57. The number of nitrogens with zero attached hydrogens (tertiary/aromatic N) is 2. The van der Waals surface area contributed by atoms with Gasteiger partial charge >= 0.3 is 0 Å². The molecule has 1 unspecified atom stereocenters. The third-order valence-corrected chi connectivity index (χ3v) is 2.86. The van der Waals surface area contributed by atoms with Crippen LogP contribution in [0.1, 0.15) is 38.9 Å². The largest absolute Gasteiger partial charge is 0.370 e. The molecular weight excluding hydrogens is 174 g/mol. The van der Waals surface area contributed by atoms with Crippen molar-refractivity contribution in [3.8, 4) is 0 Å². The fourth-order valence-electron chi connectivity index (χ4n) is 1.73. The van der Waals surface area contributed by atoms with Crippen molar-refractivity contribution >= 4 is 5.82 Å². The van der Waals surface area contributed by atoms with E-state index in [9.17, 15) is 0 Å². The predicted octanol–water partition coefficient (Wildman–Crippen LogP) is 2.42. The van der Waals surface area contributed by atoms with Crippen LogP contribution in [0.3, 0.4) is 0 Å². The number of anilines is 1. The molecule has 2 rings (SSSR count). The fraction of sp³-hybridized carbons (Fsp3) is 0.636. The van der Waals surface area contributed by atoms with E-state index in [1.54, 1.807) is 0 Å². The summed E-state index contributed by atoms with van der Waals surface area (Å²) in [6, 6.07) is 1.92. The number of nitrogens with one attached hydrogen (secondary N) is 1. The smallest absolute Gasteiger partial charge is 0.134 e. The molecule has 0 aliphatic heterocycles. The summed E-state index contributed by atoms with van der Waals surface area (Å²) < 4.78 is 0. The maximum atomic E-state index is 4.50. The molecule has 1 N–H and O–H groups in total. The number of hydrogen-bond acceptors (Lipinski definition) is 3. The van der Waals surface area contributed by atoms with Crippen molar-refractivity contribution in [3.05, 3.63) is 18.1 Å². The minimum Gasteiger partial charge on any atom is -0.370 e. The first-order chi connectivity index (χ1) is 6.63. The van der Waals surface area contributed by atoms with Gasteiger partial charge in [0.15, 0.2) is 0 Å². The Morgan fingerprint density at radius 1 is 1.57 bits per heavy atom. The van der Waals surface area contributed by atoms with Crippen LogP contribution in [-0.2, 0) is 0 Å². The second kappa shape index (κ2) is 3.23. The van der Waals surface area contributed by atoms with Gasteiger partial charge in [0.2, 0.25) is 0 Å². The molecule has 1 aromatic heterocycles. The van der Waals surface area contributed by atoms with E-state index >= 15 is 0 Å². The maximum Gasteiger partial charge on any atom is 0.134 e. The van der Waals surface area contributed by atoms with Crippen molar-refractivity contribution in [2.45, 2.75) is 33.1 Å². The molecule has 14 heavy (non-hydrogen) atoms. The van der Waals surface area contributed by atoms with Crippen LogP contribution in [0.2, 0.25) is 0 Å². The highest BCUT2D eigenvalue weighted by molar-refractivity contribution is 5.34. The van der Waals surface area contributed by atoms with Crippen molar-refractivity contribution < 1.29 is 0 Å². The monoisotopic (exact) mass is 191 g/mol. The molecule has 0 bridgehead atoms. The predicted molar refractivity (Wildman–Crippen MR) is 57.3 cm³/mol. The average molecular weight is 191 g/mol. The molecule has 1 fully saturated rings. The van der Waals surface area contributed by atoms with Crippen LogP contribution in [0.25, 0.3) is 0 Å². The van der Waals surface area contributed by atoms with Gasteiger partial charge in [-0.05, 0) is 24.8 Å². The summed E-state index contributed by atoms with van der Waals surface area (Å²) in [4.78, 5) is 8.83. The molecule has 3 heteroatoms. The lowest BCUT2D eigenvalue weighted by Gasteiger charge is -2.05. The van der Waals surface area contributed by atoms with Gasteiger partial charge in [0, 0.05) is 18.7 Å². The van der Waals surface area contributed by atoms with Crippen LogP contribution in [-0.4, -0.2) is 16.5 Å². The zero-order valence-corrected chi connectivity index (χ0v) is 9.04. The molecule has 3 nitrogen and oxygen atoms in total. The zero-order valence-electron chi connectivity index (χ0n) is 9.04. The maximum absolute atomic E-state index is 4.50. The van der Waals surface area contributed by atoms with Crippen LogP contribution in [0.5, 0.6) is 0 Å². The van der Waals surface area contributed by atoms with Gasteiger partial charge in [-0.25, -0.2) is 9.97 Å². The van der Waals surface area contributed by atoms with E-state index in [-0.39, 0.29) is 0 Å². The van der Waals surface area contributed by atoms with Crippen LogP contribution >= 0.6 is 0 Å².